The van der Waals surface area contributed by atoms with Gasteiger partial charge in [-0.15, -0.1) is 11.3 Å². The van der Waals surface area contributed by atoms with Gasteiger partial charge < -0.3 is 15.4 Å². The van der Waals surface area contributed by atoms with Crippen LogP contribution in [0.15, 0.2) is 30.3 Å². The molecular weight excluding hydrogens is 352 g/mol. The third-order valence-corrected chi connectivity index (χ3v) is 5.01. The van der Waals surface area contributed by atoms with Crippen LogP contribution < -0.4 is 10.6 Å². The molecule has 0 radical (unpaired) electrons. The zero-order valence-electron chi connectivity index (χ0n) is 15.2. The van der Waals surface area contributed by atoms with Crippen LogP contribution in [0.5, 0.6) is 0 Å². The van der Waals surface area contributed by atoms with Crippen LogP contribution in [0.1, 0.15) is 45.0 Å². The topological polar surface area (TPSA) is 84.5 Å². The number of carbonyl (C=O) groups excluding carboxylic acids is 3. The van der Waals surface area contributed by atoms with Crippen LogP contribution in [-0.4, -0.2) is 24.9 Å². The predicted molar refractivity (Wildman–Crippen MR) is 101 cm³/mol. The number of ether oxygens (including phenoxy) is 1. The molecule has 0 aliphatic carbocycles. The number of rotatable bonds is 6. The molecule has 0 fully saturated rings. The fourth-order valence-corrected chi connectivity index (χ4v) is 3.39. The third-order valence-electron chi connectivity index (χ3n) is 3.80. The van der Waals surface area contributed by atoms with Crippen LogP contribution >= 0.6 is 11.3 Å². The first-order chi connectivity index (χ1) is 12.3. The van der Waals surface area contributed by atoms with Gasteiger partial charge in [-0.2, -0.15) is 0 Å². The number of thiophene rings is 1. The lowest BCUT2D eigenvalue weighted by molar-refractivity contribution is -0.118. The van der Waals surface area contributed by atoms with Crippen LogP contribution in [0.3, 0.4) is 0 Å². The first kappa shape index (κ1) is 19.7. The lowest BCUT2D eigenvalue weighted by Crippen LogP contribution is -2.22. The second kappa shape index (κ2) is 8.62. The fraction of sp³-hybridized carbons (Fsp3) is 0.316. The molecule has 7 heteroatoms. The zero-order chi connectivity index (χ0) is 19.3. The van der Waals surface area contributed by atoms with E-state index in [0.29, 0.717) is 22.0 Å². The van der Waals surface area contributed by atoms with Crippen molar-refractivity contribution in [3.05, 3.63) is 51.9 Å². The Hall–Kier alpha value is -2.67. The summed E-state index contributed by atoms with van der Waals surface area (Å²) in [5, 5.41) is 5.88. The highest BCUT2D eigenvalue weighted by molar-refractivity contribution is 7.18. The van der Waals surface area contributed by atoms with Crippen molar-refractivity contribution >= 4 is 34.1 Å². The van der Waals surface area contributed by atoms with Crippen LogP contribution in [0.2, 0.25) is 0 Å². The molecule has 138 valence electrons. The monoisotopic (exact) mass is 374 g/mol. The molecule has 0 unspecified atom stereocenters. The maximum absolute atomic E-state index is 12.6. The standard InChI is InChI=1S/C19H22N2O4S/c1-11(2)16(22)21-18-14(19(24)25-4)12(3)15(26-18)17(23)20-10-13-8-6-5-7-9-13/h5-9,11H,10H2,1-4H3,(H,20,23)(H,21,22). The van der Waals surface area contributed by atoms with Gasteiger partial charge in [-0.25, -0.2) is 4.79 Å². The molecule has 2 amide bonds. The van der Waals surface area contributed by atoms with Crippen molar-refractivity contribution in [2.45, 2.75) is 27.3 Å². The number of hydrogen-bond donors (Lipinski definition) is 2. The van der Waals surface area contributed by atoms with E-state index >= 15 is 0 Å². The van der Waals surface area contributed by atoms with E-state index in [-0.39, 0.29) is 23.3 Å². The lowest BCUT2D eigenvalue weighted by Gasteiger charge is -2.07. The second-order valence-corrected chi connectivity index (χ2v) is 7.08. The first-order valence-corrected chi connectivity index (χ1v) is 9.01. The first-order valence-electron chi connectivity index (χ1n) is 8.19. The zero-order valence-corrected chi connectivity index (χ0v) is 16.0. The summed E-state index contributed by atoms with van der Waals surface area (Å²) in [5.74, 6) is -1.36. The summed E-state index contributed by atoms with van der Waals surface area (Å²) in [7, 11) is 1.27. The Kier molecular flexibility index (Phi) is 6.52. The molecule has 1 aromatic heterocycles. The average molecular weight is 374 g/mol. The van der Waals surface area contributed by atoms with Gasteiger partial charge in [0.15, 0.2) is 0 Å². The van der Waals surface area contributed by atoms with Crippen LogP contribution in [0, 0.1) is 12.8 Å². The molecule has 0 bridgehead atoms. The molecule has 6 nitrogen and oxygen atoms in total. The largest absolute Gasteiger partial charge is 0.465 e. The van der Waals surface area contributed by atoms with E-state index in [1.165, 1.54) is 7.11 Å². The van der Waals surface area contributed by atoms with Gasteiger partial charge in [0.25, 0.3) is 5.91 Å². The van der Waals surface area contributed by atoms with E-state index in [2.05, 4.69) is 10.6 Å². The van der Waals surface area contributed by atoms with Gasteiger partial charge in [-0.05, 0) is 18.1 Å². The van der Waals surface area contributed by atoms with Crippen molar-refractivity contribution in [3.63, 3.8) is 0 Å². The van der Waals surface area contributed by atoms with Crippen molar-refractivity contribution in [3.8, 4) is 0 Å². The second-order valence-electron chi connectivity index (χ2n) is 6.06. The summed E-state index contributed by atoms with van der Waals surface area (Å²) < 4.78 is 4.81. The SMILES string of the molecule is COC(=O)c1c(NC(=O)C(C)C)sc(C(=O)NCc2ccccc2)c1C. The molecule has 26 heavy (non-hydrogen) atoms. The number of methoxy groups -OCH3 is 1. The quantitative estimate of drug-likeness (QED) is 0.759. The number of benzene rings is 1. The summed E-state index contributed by atoms with van der Waals surface area (Å²) in [6.07, 6.45) is 0. The molecule has 2 rings (SSSR count). The van der Waals surface area contributed by atoms with E-state index in [1.54, 1.807) is 20.8 Å². The maximum atomic E-state index is 12.6. The van der Waals surface area contributed by atoms with Crippen molar-refractivity contribution in [1.82, 2.24) is 5.32 Å². The molecule has 0 aliphatic rings. The van der Waals surface area contributed by atoms with Gasteiger partial charge in [0.2, 0.25) is 5.91 Å². The number of anilines is 1. The minimum atomic E-state index is -0.583. The van der Waals surface area contributed by atoms with Crippen LogP contribution in [0.25, 0.3) is 0 Å². The van der Waals surface area contributed by atoms with Gasteiger partial charge >= 0.3 is 5.97 Å². The number of amides is 2. The summed E-state index contributed by atoms with van der Waals surface area (Å²) in [6.45, 7) is 5.55. The highest BCUT2D eigenvalue weighted by Gasteiger charge is 2.26. The van der Waals surface area contributed by atoms with Crippen molar-refractivity contribution in [2.75, 3.05) is 12.4 Å². The van der Waals surface area contributed by atoms with Crippen LogP contribution in [0.4, 0.5) is 5.00 Å². The van der Waals surface area contributed by atoms with E-state index < -0.39 is 5.97 Å². The van der Waals surface area contributed by atoms with Crippen molar-refractivity contribution < 1.29 is 19.1 Å². The predicted octanol–water partition coefficient (Wildman–Crippen LogP) is 3.37. The van der Waals surface area contributed by atoms with Gasteiger partial charge in [-0.1, -0.05) is 44.2 Å². The number of esters is 1. The van der Waals surface area contributed by atoms with E-state index in [0.717, 1.165) is 16.9 Å². The molecule has 1 heterocycles. The summed E-state index contributed by atoms with van der Waals surface area (Å²) >= 11 is 1.07. The third kappa shape index (κ3) is 4.49. The molecule has 0 saturated heterocycles. The Balaban J connectivity index is 2.27. The molecule has 0 aliphatic heterocycles. The molecule has 1 aromatic carbocycles. The summed E-state index contributed by atoms with van der Waals surface area (Å²) in [6, 6.07) is 9.52. The van der Waals surface area contributed by atoms with Gasteiger partial charge in [0.1, 0.15) is 5.00 Å². The number of nitrogens with one attached hydrogen (secondary N) is 2. The highest BCUT2D eigenvalue weighted by Crippen LogP contribution is 2.34. The Morgan fingerprint density at radius 1 is 1.15 bits per heavy atom. The Morgan fingerprint density at radius 3 is 2.38 bits per heavy atom. The van der Waals surface area contributed by atoms with Gasteiger partial charge in [0, 0.05) is 12.5 Å². The van der Waals surface area contributed by atoms with E-state index in [9.17, 15) is 14.4 Å². The fourth-order valence-electron chi connectivity index (χ4n) is 2.28. The average Bonchev–Trinajstić information content (AvgIpc) is 2.96. The van der Waals surface area contributed by atoms with Crippen LogP contribution in [-0.2, 0) is 16.1 Å². The van der Waals surface area contributed by atoms with Crippen molar-refractivity contribution in [1.29, 1.82) is 0 Å². The molecule has 0 atom stereocenters. The lowest BCUT2D eigenvalue weighted by atomic mass is 10.1. The van der Waals surface area contributed by atoms with E-state index in [4.69, 9.17) is 4.74 Å². The maximum Gasteiger partial charge on any atom is 0.341 e. The molecule has 0 spiro atoms. The number of hydrogen-bond acceptors (Lipinski definition) is 5. The smallest absolute Gasteiger partial charge is 0.341 e. The van der Waals surface area contributed by atoms with Crippen molar-refractivity contribution in [2.24, 2.45) is 5.92 Å². The summed E-state index contributed by atoms with van der Waals surface area (Å²) in [5.41, 5.74) is 1.68. The normalized spacial score (nSPS) is 10.5. The minimum Gasteiger partial charge on any atom is -0.465 e. The minimum absolute atomic E-state index is 0.219. The Labute approximate surface area is 156 Å². The highest BCUT2D eigenvalue weighted by atomic mass is 32.1. The van der Waals surface area contributed by atoms with E-state index in [1.807, 2.05) is 30.3 Å². The van der Waals surface area contributed by atoms with Gasteiger partial charge in [-0.3, -0.25) is 9.59 Å². The van der Waals surface area contributed by atoms with Gasteiger partial charge in [0.05, 0.1) is 17.6 Å². The molecule has 2 aromatic rings. The molecule has 2 N–H and O–H groups in total. The Morgan fingerprint density at radius 2 is 1.81 bits per heavy atom. The molecular formula is C19H22N2O4S. The molecule has 0 saturated carbocycles. The number of carbonyl (C=O) groups is 3. The summed E-state index contributed by atoms with van der Waals surface area (Å²) in [4.78, 5) is 37.1. The Bertz CT molecular complexity index is 812.